The quantitative estimate of drug-likeness (QED) is 0.403. The van der Waals surface area contributed by atoms with Gasteiger partial charge >= 0.3 is 0 Å². The monoisotopic (exact) mass is 460 g/mol. The zero-order valence-corrected chi connectivity index (χ0v) is 19.0. The molecular formula is C24H21ClN6O2. The van der Waals surface area contributed by atoms with E-state index >= 15 is 0 Å². The number of halogens is 1. The van der Waals surface area contributed by atoms with Crippen LogP contribution in [-0.2, 0) is 22.6 Å². The molecule has 8 nitrogen and oxygen atoms in total. The van der Waals surface area contributed by atoms with E-state index in [0.29, 0.717) is 30.7 Å². The zero-order valence-electron chi connectivity index (χ0n) is 18.2. The maximum Gasteiger partial charge on any atom is 0.238 e. The molecule has 0 saturated carbocycles. The Kier molecular flexibility index (Phi) is 4.78. The molecule has 0 unspecified atom stereocenters. The number of methoxy groups -OCH3 is 1. The molecule has 9 heteroatoms. The number of benzene rings is 2. The van der Waals surface area contributed by atoms with E-state index in [0.717, 1.165) is 34.3 Å². The first kappa shape index (κ1) is 20.1. The molecular weight excluding hydrogens is 440 g/mol. The van der Waals surface area contributed by atoms with Crippen molar-refractivity contribution < 1.29 is 9.47 Å². The van der Waals surface area contributed by atoms with E-state index in [-0.39, 0.29) is 6.04 Å². The van der Waals surface area contributed by atoms with Crippen LogP contribution < -0.4 is 0 Å². The van der Waals surface area contributed by atoms with Crippen LogP contribution in [0.5, 0.6) is 0 Å². The minimum atomic E-state index is -0.0510. The van der Waals surface area contributed by atoms with Crippen LogP contribution in [-0.4, -0.2) is 43.9 Å². The molecule has 2 aliphatic heterocycles. The smallest absolute Gasteiger partial charge is 0.238 e. The molecule has 0 radical (unpaired) electrons. The number of hydrogen-bond acceptors (Lipinski definition) is 6. The molecule has 2 aromatic heterocycles. The lowest BCUT2D eigenvalue weighted by Gasteiger charge is -2.09. The van der Waals surface area contributed by atoms with Crippen LogP contribution in [0.4, 0.5) is 0 Å². The molecule has 0 aliphatic carbocycles. The average Bonchev–Trinajstić information content (AvgIpc) is 3.53. The number of hydrogen-bond donors (Lipinski definition) is 0. The van der Waals surface area contributed by atoms with E-state index in [1.54, 1.807) is 13.4 Å². The first-order valence-corrected chi connectivity index (χ1v) is 11.1. The fourth-order valence-corrected chi connectivity index (χ4v) is 4.69. The lowest BCUT2D eigenvalue weighted by Crippen LogP contribution is -2.13. The largest absolute Gasteiger partial charge is 0.474 e. The van der Waals surface area contributed by atoms with Gasteiger partial charge in [0, 0.05) is 17.7 Å². The summed E-state index contributed by atoms with van der Waals surface area (Å²) in [5, 5.41) is 9.44. The van der Waals surface area contributed by atoms with E-state index in [1.807, 2.05) is 34.9 Å². The van der Waals surface area contributed by atoms with Gasteiger partial charge in [-0.05, 0) is 36.2 Å². The highest BCUT2D eigenvalue weighted by atomic mass is 35.5. The lowest BCUT2D eigenvalue weighted by atomic mass is 10.0. The van der Waals surface area contributed by atoms with Crippen molar-refractivity contribution in [2.24, 2.45) is 4.99 Å². The van der Waals surface area contributed by atoms with E-state index in [2.05, 4.69) is 33.8 Å². The fourth-order valence-electron chi connectivity index (χ4n) is 4.52. The molecule has 2 aromatic carbocycles. The van der Waals surface area contributed by atoms with Gasteiger partial charge in [-0.15, -0.1) is 10.2 Å². The van der Waals surface area contributed by atoms with Crippen molar-refractivity contribution in [3.63, 3.8) is 0 Å². The van der Waals surface area contributed by atoms with Crippen molar-refractivity contribution in [1.82, 2.24) is 24.3 Å². The molecule has 2 aliphatic rings. The van der Waals surface area contributed by atoms with Crippen LogP contribution in [0.25, 0.3) is 17.1 Å². The number of nitrogens with zero attached hydrogens (tertiary/aromatic N) is 6. The topological polar surface area (TPSA) is 79.3 Å². The number of aryl methyl sites for hydroxylation is 1. The van der Waals surface area contributed by atoms with Crippen LogP contribution in [0.2, 0.25) is 5.02 Å². The Morgan fingerprint density at radius 1 is 1.18 bits per heavy atom. The highest BCUT2D eigenvalue weighted by molar-refractivity contribution is 6.31. The van der Waals surface area contributed by atoms with Crippen molar-refractivity contribution in [2.75, 3.05) is 13.7 Å². The molecule has 0 saturated heterocycles. The third kappa shape index (κ3) is 3.25. The van der Waals surface area contributed by atoms with Gasteiger partial charge in [-0.3, -0.25) is 4.57 Å². The molecule has 0 spiro atoms. The summed E-state index contributed by atoms with van der Waals surface area (Å²) in [5.41, 5.74) is 5.84. The second-order valence-electron chi connectivity index (χ2n) is 8.15. The molecule has 4 aromatic rings. The summed E-state index contributed by atoms with van der Waals surface area (Å²) in [6.07, 6.45) is 1.81. The molecule has 166 valence electrons. The molecule has 33 heavy (non-hydrogen) atoms. The summed E-state index contributed by atoms with van der Waals surface area (Å²) in [6, 6.07) is 14.0. The Morgan fingerprint density at radius 2 is 2.06 bits per heavy atom. The van der Waals surface area contributed by atoms with Crippen LogP contribution in [0.15, 0.2) is 53.8 Å². The van der Waals surface area contributed by atoms with E-state index < -0.39 is 0 Å². The number of rotatable bonds is 4. The predicted molar refractivity (Wildman–Crippen MR) is 124 cm³/mol. The van der Waals surface area contributed by atoms with Gasteiger partial charge in [0.2, 0.25) is 5.90 Å². The minimum Gasteiger partial charge on any atom is -0.474 e. The predicted octanol–water partition coefficient (Wildman–Crippen LogP) is 4.12. The minimum absolute atomic E-state index is 0.0510. The van der Waals surface area contributed by atoms with Gasteiger partial charge in [0.1, 0.15) is 31.3 Å². The second kappa shape index (κ2) is 7.83. The zero-order chi connectivity index (χ0) is 22.5. The van der Waals surface area contributed by atoms with E-state index in [9.17, 15) is 0 Å². The molecule has 4 heterocycles. The van der Waals surface area contributed by atoms with Gasteiger partial charge in [0.15, 0.2) is 11.6 Å². The maximum absolute atomic E-state index is 6.34. The Balaban J connectivity index is 1.49. The number of ether oxygens (including phenoxy) is 2. The summed E-state index contributed by atoms with van der Waals surface area (Å²) in [6.45, 7) is 3.43. The maximum atomic E-state index is 6.34. The van der Waals surface area contributed by atoms with Crippen LogP contribution >= 0.6 is 11.6 Å². The van der Waals surface area contributed by atoms with Gasteiger partial charge in [0.25, 0.3) is 0 Å². The highest BCUT2D eigenvalue weighted by Gasteiger charge is 2.31. The second-order valence-corrected chi connectivity index (χ2v) is 8.58. The number of aromatic nitrogens is 5. The summed E-state index contributed by atoms with van der Waals surface area (Å²) in [5.74, 6) is 2.02. The van der Waals surface area contributed by atoms with E-state index in [4.69, 9.17) is 31.1 Å². The molecule has 0 N–H and O–H groups in total. The molecule has 0 bridgehead atoms. The standard InChI is InChI=1S/C24H21ClN6O2/c1-14-5-3-4-6-16(14)18-11-33-24(27-18)22-20-10-30-21(12-32-2)28-29-23(30)17-9-15(25)7-8-19(17)31(20)13-26-22/h3-9,13,18H,10-12H2,1-2H3/t18-/m1/s1. The van der Waals surface area contributed by atoms with Gasteiger partial charge in [-0.25, -0.2) is 9.98 Å². The molecule has 1 atom stereocenters. The number of imidazole rings is 1. The highest BCUT2D eigenvalue weighted by Crippen LogP contribution is 2.35. The van der Waals surface area contributed by atoms with Crippen molar-refractivity contribution in [3.8, 4) is 17.1 Å². The van der Waals surface area contributed by atoms with Gasteiger partial charge in [0.05, 0.1) is 17.9 Å². The average molecular weight is 461 g/mol. The number of aliphatic imine (C=N–C) groups is 1. The number of fused-ring (bicyclic) bond motifs is 5. The fraction of sp³-hybridized carbons (Fsp3) is 0.250. The van der Waals surface area contributed by atoms with E-state index in [1.165, 1.54) is 11.1 Å². The third-order valence-corrected chi connectivity index (χ3v) is 6.37. The van der Waals surface area contributed by atoms with Crippen molar-refractivity contribution >= 4 is 17.5 Å². The molecule has 6 rings (SSSR count). The molecule has 0 fully saturated rings. The first-order chi connectivity index (χ1) is 16.1. The molecule has 0 amide bonds. The van der Waals surface area contributed by atoms with Gasteiger partial charge in [-0.1, -0.05) is 35.9 Å². The Hall–Kier alpha value is -3.49. The Morgan fingerprint density at radius 3 is 2.91 bits per heavy atom. The van der Waals surface area contributed by atoms with Crippen LogP contribution in [0.3, 0.4) is 0 Å². The van der Waals surface area contributed by atoms with Crippen LogP contribution in [0, 0.1) is 6.92 Å². The first-order valence-electron chi connectivity index (χ1n) is 10.7. The van der Waals surface area contributed by atoms with Gasteiger partial charge in [-0.2, -0.15) is 0 Å². The van der Waals surface area contributed by atoms with Crippen molar-refractivity contribution in [1.29, 1.82) is 0 Å². The third-order valence-electron chi connectivity index (χ3n) is 6.14. The normalized spacial score (nSPS) is 16.5. The van der Waals surface area contributed by atoms with Crippen LogP contribution in [0.1, 0.15) is 34.4 Å². The van der Waals surface area contributed by atoms with Crippen molar-refractivity contribution in [3.05, 3.63) is 82.2 Å². The summed E-state index contributed by atoms with van der Waals surface area (Å²) in [4.78, 5) is 9.62. The Labute approximate surface area is 195 Å². The SMILES string of the molecule is COCc1nnc2n1Cc1c(C3=N[C@@H](c4ccccc4C)CO3)ncn1-c1ccc(Cl)cc1-2. The Bertz CT molecular complexity index is 1410. The summed E-state index contributed by atoms with van der Waals surface area (Å²) < 4.78 is 15.5. The lowest BCUT2D eigenvalue weighted by molar-refractivity contribution is 0.174. The van der Waals surface area contributed by atoms with Crippen molar-refractivity contribution in [2.45, 2.75) is 26.1 Å². The summed E-state index contributed by atoms with van der Waals surface area (Å²) >= 11 is 6.34. The van der Waals surface area contributed by atoms with Gasteiger partial charge < -0.3 is 14.0 Å². The summed E-state index contributed by atoms with van der Waals surface area (Å²) in [7, 11) is 1.64.